The Bertz CT molecular complexity index is 901. The van der Waals surface area contributed by atoms with E-state index in [1.54, 1.807) is 55.5 Å². The van der Waals surface area contributed by atoms with Crippen molar-refractivity contribution >= 4 is 46.4 Å². The lowest BCUT2D eigenvalue weighted by atomic mass is 10.1. The molecular formula is C18H12Cl3NO2. The van der Waals surface area contributed by atoms with Crippen LogP contribution in [-0.2, 0) is 0 Å². The Hall–Kier alpha value is -1.94. The van der Waals surface area contributed by atoms with Crippen LogP contribution in [0.15, 0.2) is 52.9 Å². The summed E-state index contributed by atoms with van der Waals surface area (Å²) in [6.45, 7) is 1.73. The van der Waals surface area contributed by atoms with Crippen molar-refractivity contribution in [1.82, 2.24) is 0 Å². The molecule has 2 aromatic carbocycles. The molecule has 0 bridgehead atoms. The molecule has 0 saturated carbocycles. The Morgan fingerprint density at radius 1 is 0.958 bits per heavy atom. The van der Waals surface area contributed by atoms with Gasteiger partial charge in [0.25, 0.3) is 5.91 Å². The molecule has 0 fully saturated rings. The van der Waals surface area contributed by atoms with E-state index >= 15 is 0 Å². The number of amides is 1. The monoisotopic (exact) mass is 379 g/mol. The molecule has 3 aromatic rings. The number of hydrogen-bond acceptors (Lipinski definition) is 2. The average Bonchev–Trinajstić information content (AvgIpc) is 2.94. The van der Waals surface area contributed by atoms with Gasteiger partial charge in [-0.25, -0.2) is 0 Å². The van der Waals surface area contributed by atoms with Gasteiger partial charge < -0.3 is 9.73 Å². The van der Waals surface area contributed by atoms with Crippen molar-refractivity contribution in [2.45, 2.75) is 6.92 Å². The molecule has 0 unspecified atom stereocenters. The van der Waals surface area contributed by atoms with Gasteiger partial charge in [-0.2, -0.15) is 0 Å². The van der Waals surface area contributed by atoms with E-state index in [0.717, 1.165) is 5.56 Å². The van der Waals surface area contributed by atoms with E-state index in [9.17, 15) is 4.79 Å². The van der Waals surface area contributed by atoms with Gasteiger partial charge in [0, 0.05) is 16.3 Å². The van der Waals surface area contributed by atoms with Gasteiger partial charge in [0.2, 0.25) is 0 Å². The zero-order valence-electron chi connectivity index (χ0n) is 12.6. The second kappa shape index (κ2) is 6.89. The molecule has 1 aromatic heterocycles. The van der Waals surface area contributed by atoms with Gasteiger partial charge in [0.05, 0.1) is 15.6 Å². The number of furan rings is 1. The SMILES string of the molecule is Cc1oc(-c2ccc(Cl)c(Cl)c2)cc1C(=O)Nc1ccc(Cl)cc1. The maximum atomic E-state index is 12.4. The Morgan fingerprint density at radius 2 is 1.67 bits per heavy atom. The number of halogens is 3. The van der Waals surface area contributed by atoms with Crippen LogP contribution >= 0.6 is 34.8 Å². The summed E-state index contributed by atoms with van der Waals surface area (Å²) in [6.07, 6.45) is 0. The van der Waals surface area contributed by atoms with Crippen molar-refractivity contribution in [2.75, 3.05) is 5.32 Å². The molecule has 6 heteroatoms. The molecule has 0 aliphatic heterocycles. The standard InChI is InChI=1S/C18H12Cl3NO2/c1-10-14(18(23)22-13-5-3-12(19)4-6-13)9-17(24-10)11-2-7-15(20)16(21)8-11/h2-9H,1H3,(H,22,23). The van der Waals surface area contributed by atoms with E-state index in [4.69, 9.17) is 39.2 Å². The van der Waals surface area contributed by atoms with Crippen LogP contribution in [0.2, 0.25) is 15.1 Å². The van der Waals surface area contributed by atoms with Gasteiger partial charge in [-0.3, -0.25) is 4.79 Å². The van der Waals surface area contributed by atoms with Crippen LogP contribution in [0.4, 0.5) is 5.69 Å². The summed E-state index contributed by atoms with van der Waals surface area (Å²) in [5.41, 5.74) is 1.85. The molecule has 1 amide bonds. The van der Waals surface area contributed by atoms with E-state index in [-0.39, 0.29) is 5.91 Å². The highest BCUT2D eigenvalue weighted by molar-refractivity contribution is 6.42. The molecule has 0 radical (unpaired) electrons. The second-order valence-corrected chi connectivity index (χ2v) is 6.42. The molecule has 0 atom stereocenters. The zero-order valence-corrected chi connectivity index (χ0v) is 14.8. The van der Waals surface area contributed by atoms with Crippen molar-refractivity contribution in [3.05, 3.63) is 74.9 Å². The largest absolute Gasteiger partial charge is 0.461 e. The number of anilines is 1. The van der Waals surface area contributed by atoms with Crippen LogP contribution in [0.25, 0.3) is 11.3 Å². The maximum absolute atomic E-state index is 12.4. The highest BCUT2D eigenvalue weighted by atomic mass is 35.5. The molecule has 1 heterocycles. The first-order valence-electron chi connectivity index (χ1n) is 7.07. The van der Waals surface area contributed by atoms with E-state index in [2.05, 4.69) is 5.32 Å². The summed E-state index contributed by atoms with van der Waals surface area (Å²) in [6, 6.07) is 13.7. The van der Waals surface area contributed by atoms with Crippen molar-refractivity contribution in [3.8, 4) is 11.3 Å². The number of carbonyl (C=O) groups is 1. The number of nitrogens with one attached hydrogen (secondary N) is 1. The Kier molecular flexibility index (Phi) is 4.86. The lowest BCUT2D eigenvalue weighted by Gasteiger charge is -2.03. The predicted molar refractivity (Wildman–Crippen MR) is 98.3 cm³/mol. The van der Waals surface area contributed by atoms with Gasteiger partial charge in [0.15, 0.2) is 0 Å². The van der Waals surface area contributed by atoms with E-state index in [0.29, 0.717) is 37.8 Å². The first kappa shape index (κ1) is 16.9. The third kappa shape index (κ3) is 3.59. The van der Waals surface area contributed by atoms with Gasteiger partial charge in [-0.1, -0.05) is 34.8 Å². The fraction of sp³-hybridized carbons (Fsp3) is 0.0556. The average molecular weight is 381 g/mol. The minimum absolute atomic E-state index is 0.259. The summed E-state index contributed by atoms with van der Waals surface area (Å²) in [5.74, 6) is 0.805. The molecular weight excluding hydrogens is 369 g/mol. The number of carbonyl (C=O) groups excluding carboxylic acids is 1. The highest BCUT2D eigenvalue weighted by Gasteiger charge is 2.16. The highest BCUT2D eigenvalue weighted by Crippen LogP contribution is 2.31. The topological polar surface area (TPSA) is 42.2 Å². The van der Waals surface area contributed by atoms with Gasteiger partial charge >= 0.3 is 0 Å². The molecule has 0 spiro atoms. The lowest BCUT2D eigenvalue weighted by molar-refractivity contribution is 0.102. The maximum Gasteiger partial charge on any atom is 0.259 e. The lowest BCUT2D eigenvalue weighted by Crippen LogP contribution is -2.11. The van der Waals surface area contributed by atoms with Crippen molar-refractivity contribution in [2.24, 2.45) is 0 Å². The zero-order chi connectivity index (χ0) is 17.3. The first-order chi connectivity index (χ1) is 11.4. The number of rotatable bonds is 3. The Labute approximate surface area is 154 Å². The summed E-state index contributed by atoms with van der Waals surface area (Å²) in [4.78, 5) is 12.4. The van der Waals surface area contributed by atoms with Gasteiger partial charge in [0.1, 0.15) is 11.5 Å². The smallest absolute Gasteiger partial charge is 0.259 e. The minimum Gasteiger partial charge on any atom is -0.461 e. The molecule has 0 aliphatic rings. The van der Waals surface area contributed by atoms with E-state index in [1.807, 2.05) is 0 Å². The normalized spacial score (nSPS) is 10.7. The van der Waals surface area contributed by atoms with E-state index < -0.39 is 0 Å². The number of hydrogen-bond donors (Lipinski definition) is 1. The fourth-order valence-electron chi connectivity index (χ4n) is 2.23. The van der Waals surface area contributed by atoms with Crippen LogP contribution in [-0.4, -0.2) is 5.91 Å². The molecule has 24 heavy (non-hydrogen) atoms. The molecule has 122 valence electrons. The third-order valence-electron chi connectivity index (χ3n) is 3.47. The summed E-state index contributed by atoms with van der Waals surface area (Å²) < 4.78 is 5.69. The molecule has 0 aliphatic carbocycles. The van der Waals surface area contributed by atoms with Crippen LogP contribution in [0.1, 0.15) is 16.1 Å². The number of benzene rings is 2. The van der Waals surface area contributed by atoms with Gasteiger partial charge in [-0.05, 0) is 55.5 Å². The fourth-order valence-corrected chi connectivity index (χ4v) is 2.65. The van der Waals surface area contributed by atoms with Crippen LogP contribution < -0.4 is 5.32 Å². The second-order valence-electron chi connectivity index (χ2n) is 5.17. The Morgan fingerprint density at radius 3 is 2.33 bits per heavy atom. The van der Waals surface area contributed by atoms with Crippen LogP contribution in [0.5, 0.6) is 0 Å². The van der Waals surface area contributed by atoms with Gasteiger partial charge in [-0.15, -0.1) is 0 Å². The minimum atomic E-state index is -0.259. The summed E-state index contributed by atoms with van der Waals surface area (Å²) >= 11 is 17.8. The molecule has 0 saturated heterocycles. The Balaban J connectivity index is 1.86. The summed E-state index contributed by atoms with van der Waals surface area (Å²) in [5, 5.41) is 4.30. The molecule has 3 nitrogen and oxygen atoms in total. The first-order valence-corrected chi connectivity index (χ1v) is 8.20. The molecule has 3 rings (SSSR count). The van der Waals surface area contributed by atoms with Crippen molar-refractivity contribution < 1.29 is 9.21 Å². The summed E-state index contributed by atoms with van der Waals surface area (Å²) in [7, 11) is 0. The quantitative estimate of drug-likeness (QED) is 0.566. The van der Waals surface area contributed by atoms with Crippen LogP contribution in [0, 0.1) is 6.92 Å². The van der Waals surface area contributed by atoms with Crippen molar-refractivity contribution in [3.63, 3.8) is 0 Å². The van der Waals surface area contributed by atoms with Crippen LogP contribution in [0.3, 0.4) is 0 Å². The van der Waals surface area contributed by atoms with Crippen molar-refractivity contribution in [1.29, 1.82) is 0 Å². The molecule has 1 N–H and O–H groups in total. The number of aryl methyl sites for hydroxylation is 1. The van der Waals surface area contributed by atoms with E-state index in [1.165, 1.54) is 0 Å². The predicted octanol–water partition coefficient (Wildman–Crippen LogP) is 6.47. The third-order valence-corrected chi connectivity index (χ3v) is 4.46.